The van der Waals surface area contributed by atoms with Gasteiger partial charge in [0.05, 0.1) is 0 Å². The molecule has 0 aromatic heterocycles. The molecule has 0 amide bonds. The van der Waals surface area contributed by atoms with Gasteiger partial charge in [0.2, 0.25) is 0 Å². The molecule has 0 aliphatic carbocycles. The maximum atomic E-state index is 8.42. The van der Waals surface area contributed by atoms with E-state index in [9.17, 15) is 0 Å². The fourth-order valence-corrected chi connectivity index (χ4v) is 0. The van der Waals surface area contributed by atoms with Crippen LogP contribution in [0.15, 0.2) is 0 Å². The zero-order valence-electron chi connectivity index (χ0n) is 3.38. The van der Waals surface area contributed by atoms with E-state index in [0.717, 1.165) is 0 Å². The fourth-order valence-electron chi connectivity index (χ4n) is 0. The molecule has 0 fully saturated rings. The largest absolute Gasteiger partial charge is 3.00 e. The molecule has 6 heteroatoms. The molecule has 0 aromatic rings. The Morgan fingerprint density at radius 2 is 1.00 bits per heavy atom. The van der Waals surface area contributed by atoms with E-state index in [-0.39, 0.29) is 62.3 Å². The van der Waals surface area contributed by atoms with E-state index >= 15 is 0 Å². The van der Waals surface area contributed by atoms with Gasteiger partial charge in [0.1, 0.15) is 0 Å². The molecule has 0 saturated carbocycles. The second kappa shape index (κ2) is 10.1. The van der Waals surface area contributed by atoms with Crippen molar-refractivity contribution < 1.29 is 77.3 Å². The molecule has 0 radical (unpaired) electrons. The Kier molecular flexibility index (Phi) is 26.5. The van der Waals surface area contributed by atoms with E-state index in [4.69, 9.17) is 15.1 Å². The molecule has 24 valence electrons. The molecular formula is BNaO3Y+. The monoisotopic (exact) mass is 171 g/mol. The molecule has 0 bridgehead atoms. The van der Waals surface area contributed by atoms with Crippen LogP contribution in [-0.2, 0) is 32.7 Å². The van der Waals surface area contributed by atoms with Crippen molar-refractivity contribution in [1.82, 2.24) is 0 Å². The summed E-state index contributed by atoms with van der Waals surface area (Å²) in [5.74, 6) is 0. The summed E-state index contributed by atoms with van der Waals surface area (Å²) < 4.78 is 0. The van der Waals surface area contributed by atoms with Crippen LogP contribution in [0.25, 0.3) is 0 Å². The van der Waals surface area contributed by atoms with E-state index in [2.05, 4.69) is 0 Å². The minimum Gasteiger partial charge on any atom is -0.907 e. The van der Waals surface area contributed by atoms with Gasteiger partial charge >= 0.3 is 62.3 Å². The molecule has 6 heavy (non-hydrogen) atoms. The molecule has 0 saturated heterocycles. The second-order valence-electron chi connectivity index (χ2n) is 0.289. The van der Waals surface area contributed by atoms with Crippen LogP contribution in [0.3, 0.4) is 0 Å². The number of rotatable bonds is 0. The Morgan fingerprint density at radius 3 is 1.00 bits per heavy atom. The van der Waals surface area contributed by atoms with Gasteiger partial charge in [0.25, 0.3) is 0 Å². The van der Waals surface area contributed by atoms with Crippen LogP contribution in [0, 0.1) is 0 Å². The number of hydrogen-bond acceptors (Lipinski definition) is 3. The third-order valence-electron chi connectivity index (χ3n) is 0. The number of hydrogen-bond donors (Lipinski definition) is 0. The van der Waals surface area contributed by atoms with Gasteiger partial charge in [-0.05, 0) is 0 Å². The standard InChI is InChI=1S/BO3.Na.Y/c2-1(3)4;;/q-3;+1;+3. The summed E-state index contributed by atoms with van der Waals surface area (Å²) in [4.78, 5) is 0. The maximum Gasteiger partial charge on any atom is 3.00 e. The van der Waals surface area contributed by atoms with Crippen molar-refractivity contribution in [1.29, 1.82) is 0 Å². The molecule has 0 heterocycles. The van der Waals surface area contributed by atoms with Gasteiger partial charge in [0.15, 0.2) is 0 Å². The molecule has 0 aliphatic heterocycles. The average molecular weight is 171 g/mol. The van der Waals surface area contributed by atoms with Crippen molar-refractivity contribution in [2.75, 3.05) is 0 Å². The Hall–Kier alpha value is 2.05. The third-order valence-corrected chi connectivity index (χ3v) is 0. The minimum absolute atomic E-state index is 0. The van der Waals surface area contributed by atoms with Gasteiger partial charge in [-0.1, -0.05) is 0 Å². The van der Waals surface area contributed by atoms with E-state index in [1.54, 1.807) is 0 Å². The molecule has 0 unspecified atom stereocenters. The Bertz CT molecular complexity index is 15.5. The molecule has 3 nitrogen and oxygen atoms in total. The van der Waals surface area contributed by atoms with Crippen molar-refractivity contribution in [3.05, 3.63) is 0 Å². The summed E-state index contributed by atoms with van der Waals surface area (Å²) in [6.45, 7) is 0. The van der Waals surface area contributed by atoms with Gasteiger partial charge in [0, 0.05) is 0 Å². The average Bonchev–Trinajstić information content (AvgIpc) is 0.811. The topological polar surface area (TPSA) is 69.2 Å². The van der Waals surface area contributed by atoms with Crippen LogP contribution in [0.1, 0.15) is 0 Å². The normalized spacial score (nSPS) is 4.50. The zero-order valence-corrected chi connectivity index (χ0v) is 8.22. The van der Waals surface area contributed by atoms with E-state index in [1.807, 2.05) is 0 Å². The molecule has 0 rings (SSSR count). The van der Waals surface area contributed by atoms with Crippen LogP contribution in [0.4, 0.5) is 0 Å². The van der Waals surface area contributed by atoms with Crippen LogP contribution in [0.5, 0.6) is 0 Å². The quantitative estimate of drug-likeness (QED) is 0.340. The van der Waals surface area contributed by atoms with E-state index in [1.165, 1.54) is 0 Å². The summed E-state index contributed by atoms with van der Waals surface area (Å²) in [5.41, 5.74) is 0. The molecule has 0 aromatic carbocycles. The second-order valence-corrected chi connectivity index (χ2v) is 0.289. The van der Waals surface area contributed by atoms with Crippen molar-refractivity contribution in [2.24, 2.45) is 0 Å². The van der Waals surface area contributed by atoms with Crippen molar-refractivity contribution >= 4 is 7.32 Å². The molecule has 0 atom stereocenters. The van der Waals surface area contributed by atoms with Crippen molar-refractivity contribution in [3.63, 3.8) is 0 Å². The summed E-state index contributed by atoms with van der Waals surface area (Å²) in [5, 5.41) is 25.2. The summed E-state index contributed by atoms with van der Waals surface area (Å²) in [7, 11) is -2.92. The van der Waals surface area contributed by atoms with Crippen LogP contribution in [0.2, 0.25) is 0 Å². The molecular weight excluding hydrogens is 171 g/mol. The van der Waals surface area contributed by atoms with Crippen molar-refractivity contribution in [2.45, 2.75) is 0 Å². The summed E-state index contributed by atoms with van der Waals surface area (Å²) in [6.07, 6.45) is 0. The third kappa shape index (κ3) is 36.7. The van der Waals surface area contributed by atoms with Gasteiger partial charge in [-0.3, -0.25) is 7.32 Å². The summed E-state index contributed by atoms with van der Waals surface area (Å²) in [6, 6.07) is 0. The van der Waals surface area contributed by atoms with E-state index < -0.39 is 7.32 Å². The first-order chi connectivity index (χ1) is 1.73. The SMILES string of the molecule is [Na+].[O-]B([O-])[O-].[Y+3]. The predicted octanol–water partition coefficient (Wildman–Crippen LogP) is -6.95. The van der Waals surface area contributed by atoms with Crippen molar-refractivity contribution in [3.8, 4) is 0 Å². The first kappa shape index (κ1) is 15.7. The van der Waals surface area contributed by atoms with Gasteiger partial charge < -0.3 is 15.1 Å². The fraction of sp³-hybridized carbons (Fsp3) is 0. The smallest absolute Gasteiger partial charge is 0.907 e. The molecule has 0 spiro atoms. The Labute approximate surface area is 83.5 Å². The van der Waals surface area contributed by atoms with Gasteiger partial charge in [-0.25, -0.2) is 0 Å². The Balaban J connectivity index is -0.0000000450. The molecule has 0 aliphatic rings. The minimum atomic E-state index is -2.92. The first-order valence-corrected chi connectivity index (χ1v) is 0.707. The maximum absolute atomic E-state index is 8.42. The predicted molar refractivity (Wildman–Crippen MR) is 5.75 cm³/mol. The Morgan fingerprint density at radius 1 is 1.00 bits per heavy atom. The molecule has 0 N–H and O–H groups in total. The summed E-state index contributed by atoms with van der Waals surface area (Å²) >= 11 is 0. The van der Waals surface area contributed by atoms with Gasteiger partial charge in [-0.2, -0.15) is 0 Å². The van der Waals surface area contributed by atoms with Gasteiger partial charge in [-0.15, -0.1) is 0 Å². The zero-order chi connectivity index (χ0) is 3.58. The van der Waals surface area contributed by atoms with Crippen LogP contribution < -0.4 is 44.6 Å². The first-order valence-electron chi connectivity index (χ1n) is 0.707. The van der Waals surface area contributed by atoms with Crippen LogP contribution >= 0.6 is 0 Å². The van der Waals surface area contributed by atoms with Crippen LogP contribution in [-0.4, -0.2) is 7.32 Å². The van der Waals surface area contributed by atoms with E-state index in [0.29, 0.717) is 0 Å².